The molecule has 25 heavy (non-hydrogen) atoms. The van der Waals surface area contributed by atoms with Crippen molar-refractivity contribution in [2.24, 2.45) is 0 Å². The van der Waals surface area contributed by atoms with Crippen LogP contribution in [0.5, 0.6) is 0 Å². The number of hydrogen-bond donors (Lipinski definition) is 1. The molecular weight excluding hydrogens is 318 g/mol. The van der Waals surface area contributed by atoms with E-state index in [1.54, 1.807) is 4.90 Å². The molecule has 2 aliphatic rings. The van der Waals surface area contributed by atoms with Gasteiger partial charge < -0.3 is 19.3 Å². The van der Waals surface area contributed by atoms with E-state index in [4.69, 9.17) is 4.42 Å². The smallest absolute Gasteiger partial charge is 0.254 e. The van der Waals surface area contributed by atoms with E-state index in [0.29, 0.717) is 18.7 Å². The highest BCUT2D eigenvalue weighted by Crippen LogP contribution is 2.24. The van der Waals surface area contributed by atoms with E-state index in [-0.39, 0.29) is 11.9 Å². The van der Waals surface area contributed by atoms with E-state index in [2.05, 4.69) is 16.8 Å². The van der Waals surface area contributed by atoms with E-state index in [1.165, 1.54) is 0 Å². The number of rotatable bonds is 2. The number of piperazine rings is 1. The number of aryl methyl sites for hydroxylation is 1. The van der Waals surface area contributed by atoms with Gasteiger partial charge in [-0.1, -0.05) is 0 Å². The van der Waals surface area contributed by atoms with Crippen molar-refractivity contribution >= 4 is 16.9 Å². The number of likely N-dealkylation sites (tertiary alicyclic amines) is 1. The zero-order chi connectivity index (χ0) is 17.6. The first-order chi connectivity index (χ1) is 12.0. The summed E-state index contributed by atoms with van der Waals surface area (Å²) in [5.41, 5.74) is 1.45. The van der Waals surface area contributed by atoms with Gasteiger partial charge in [-0.25, -0.2) is 0 Å². The van der Waals surface area contributed by atoms with Crippen LogP contribution in [0, 0.1) is 6.92 Å². The largest absolute Gasteiger partial charge is 0.461 e. The van der Waals surface area contributed by atoms with Crippen LogP contribution in [-0.2, 0) is 0 Å². The Hall–Kier alpha value is -1.89. The summed E-state index contributed by atoms with van der Waals surface area (Å²) < 4.78 is 5.57. The Bertz CT molecular complexity index is 779. The molecule has 1 amide bonds. The van der Waals surface area contributed by atoms with Crippen molar-refractivity contribution in [3.63, 3.8) is 0 Å². The second-order valence-electron chi connectivity index (χ2n) is 7.29. The lowest BCUT2D eigenvalue weighted by atomic mass is 10.1. The molecule has 2 aromatic rings. The number of benzene rings is 1. The summed E-state index contributed by atoms with van der Waals surface area (Å²) in [5, 5.41) is 11.4. The monoisotopic (exact) mass is 343 g/mol. The first-order valence-corrected chi connectivity index (χ1v) is 8.91. The molecule has 0 spiro atoms. The second kappa shape index (κ2) is 6.44. The quantitative estimate of drug-likeness (QED) is 0.887. The molecule has 0 bridgehead atoms. The van der Waals surface area contributed by atoms with Gasteiger partial charge in [0.1, 0.15) is 11.3 Å². The zero-order valence-electron chi connectivity index (χ0n) is 14.8. The molecule has 2 aliphatic heterocycles. The van der Waals surface area contributed by atoms with Crippen molar-refractivity contribution < 1.29 is 14.3 Å². The van der Waals surface area contributed by atoms with E-state index < -0.39 is 6.10 Å². The highest BCUT2D eigenvalue weighted by molar-refractivity contribution is 5.98. The van der Waals surface area contributed by atoms with Crippen molar-refractivity contribution in [2.45, 2.75) is 19.1 Å². The second-order valence-corrected chi connectivity index (χ2v) is 7.29. The molecule has 2 fully saturated rings. The number of aliphatic hydroxyl groups is 1. The van der Waals surface area contributed by atoms with Crippen LogP contribution < -0.4 is 0 Å². The third-order valence-corrected chi connectivity index (χ3v) is 5.44. The Kier molecular flexibility index (Phi) is 4.27. The third-order valence-electron chi connectivity index (χ3n) is 5.44. The summed E-state index contributed by atoms with van der Waals surface area (Å²) in [5.74, 6) is 0.822. The third kappa shape index (κ3) is 3.17. The first kappa shape index (κ1) is 16.6. The number of aliphatic hydroxyl groups excluding tert-OH is 1. The van der Waals surface area contributed by atoms with Gasteiger partial charge in [-0.15, -0.1) is 0 Å². The van der Waals surface area contributed by atoms with Crippen LogP contribution in [0.15, 0.2) is 28.7 Å². The Morgan fingerprint density at radius 1 is 1.16 bits per heavy atom. The van der Waals surface area contributed by atoms with Crippen LogP contribution in [0.2, 0.25) is 0 Å². The number of carbonyl (C=O) groups excluding carboxylic acids is 1. The number of fused-ring (bicyclic) bond motifs is 1. The van der Waals surface area contributed by atoms with Crippen LogP contribution in [0.1, 0.15) is 16.1 Å². The van der Waals surface area contributed by atoms with Gasteiger partial charge in [-0.2, -0.15) is 0 Å². The van der Waals surface area contributed by atoms with Crippen LogP contribution in [-0.4, -0.2) is 84.2 Å². The van der Waals surface area contributed by atoms with E-state index in [1.807, 2.05) is 31.2 Å². The summed E-state index contributed by atoms with van der Waals surface area (Å²) in [6.45, 7) is 6.80. The molecule has 3 heterocycles. The summed E-state index contributed by atoms with van der Waals surface area (Å²) in [6.07, 6.45) is -0.479. The van der Waals surface area contributed by atoms with E-state index >= 15 is 0 Å². The molecule has 6 nitrogen and oxygen atoms in total. The molecule has 0 aliphatic carbocycles. The van der Waals surface area contributed by atoms with Gasteiger partial charge >= 0.3 is 0 Å². The average molecular weight is 343 g/mol. The standard InChI is InChI=1S/C19H25N3O3/c1-13-9-15-10-14(3-4-18(15)25-13)19(24)22-11-16(17(23)12-22)21-7-5-20(2)6-8-21/h3-4,9-10,16-17,23H,5-8,11-12H2,1-2H3/t16-,17-/m0/s1. The van der Waals surface area contributed by atoms with Crippen LogP contribution in [0.4, 0.5) is 0 Å². The van der Waals surface area contributed by atoms with Crippen molar-refractivity contribution in [3.8, 4) is 0 Å². The van der Waals surface area contributed by atoms with Crippen LogP contribution in [0.25, 0.3) is 11.0 Å². The van der Waals surface area contributed by atoms with Gasteiger partial charge in [0.25, 0.3) is 5.91 Å². The molecular formula is C19H25N3O3. The predicted molar refractivity (Wildman–Crippen MR) is 95.7 cm³/mol. The minimum absolute atomic E-state index is 0.0172. The molecule has 6 heteroatoms. The van der Waals surface area contributed by atoms with Crippen LogP contribution >= 0.6 is 0 Å². The molecule has 0 radical (unpaired) electrons. The summed E-state index contributed by atoms with van der Waals surface area (Å²) >= 11 is 0. The van der Waals surface area contributed by atoms with Crippen molar-refractivity contribution in [1.29, 1.82) is 0 Å². The van der Waals surface area contributed by atoms with Gasteiger partial charge in [0.2, 0.25) is 0 Å². The summed E-state index contributed by atoms with van der Waals surface area (Å²) in [7, 11) is 2.12. The molecule has 134 valence electrons. The molecule has 2 atom stereocenters. The zero-order valence-corrected chi connectivity index (χ0v) is 14.8. The number of furan rings is 1. The fourth-order valence-corrected chi connectivity index (χ4v) is 3.94. The molecule has 0 saturated carbocycles. The van der Waals surface area contributed by atoms with E-state index in [0.717, 1.165) is 42.9 Å². The number of nitrogens with zero attached hydrogens (tertiary/aromatic N) is 3. The van der Waals surface area contributed by atoms with Gasteiger partial charge in [0, 0.05) is 50.2 Å². The molecule has 1 aromatic carbocycles. The highest BCUT2D eigenvalue weighted by Gasteiger charge is 2.38. The average Bonchev–Trinajstić information content (AvgIpc) is 3.16. The summed E-state index contributed by atoms with van der Waals surface area (Å²) in [4.78, 5) is 19.3. The van der Waals surface area contributed by atoms with Crippen molar-refractivity contribution in [1.82, 2.24) is 14.7 Å². The molecule has 1 aromatic heterocycles. The predicted octanol–water partition coefficient (Wildman–Crippen LogP) is 1.17. The SMILES string of the molecule is Cc1cc2cc(C(=O)N3C[C@H](O)[C@@H](N4CCN(C)CC4)C3)ccc2o1. The maximum atomic E-state index is 12.9. The normalized spacial score (nSPS) is 25.8. The fraction of sp³-hybridized carbons (Fsp3) is 0.526. The first-order valence-electron chi connectivity index (χ1n) is 8.91. The number of β-amino-alcohol motifs (C(OH)–C–C–N with tert-alkyl or cyclic N) is 1. The number of hydrogen-bond acceptors (Lipinski definition) is 5. The van der Waals surface area contributed by atoms with Gasteiger partial charge in [-0.3, -0.25) is 9.69 Å². The summed E-state index contributed by atoms with van der Waals surface area (Å²) in [6, 6.07) is 7.52. The molecule has 4 rings (SSSR count). The van der Waals surface area contributed by atoms with Crippen LogP contribution in [0.3, 0.4) is 0 Å². The minimum Gasteiger partial charge on any atom is -0.461 e. The Morgan fingerprint density at radius 3 is 2.68 bits per heavy atom. The number of amides is 1. The fourth-order valence-electron chi connectivity index (χ4n) is 3.94. The molecule has 2 saturated heterocycles. The van der Waals surface area contributed by atoms with Crippen molar-refractivity contribution in [2.75, 3.05) is 46.3 Å². The molecule has 0 unspecified atom stereocenters. The van der Waals surface area contributed by atoms with Gasteiger partial charge in [0.05, 0.1) is 12.1 Å². The Labute approximate surface area is 147 Å². The van der Waals surface area contributed by atoms with Gasteiger partial charge in [0.15, 0.2) is 0 Å². The van der Waals surface area contributed by atoms with Crippen molar-refractivity contribution in [3.05, 3.63) is 35.6 Å². The highest BCUT2D eigenvalue weighted by atomic mass is 16.3. The lowest BCUT2D eigenvalue weighted by molar-refractivity contribution is 0.0512. The maximum Gasteiger partial charge on any atom is 0.254 e. The lowest BCUT2D eigenvalue weighted by Gasteiger charge is -2.37. The lowest BCUT2D eigenvalue weighted by Crippen LogP contribution is -2.52. The Morgan fingerprint density at radius 2 is 1.92 bits per heavy atom. The Balaban J connectivity index is 1.48. The van der Waals surface area contributed by atoms with Gasteiger partial charge in [-0.05, 0) is 38.2 Å². The topological polar surface area (TPSA) is 60.2 Å². The number of likely N-dealkylation sites (N-methyl/N-ethyl adjacent to an activating group) is 1. The number of carbonyl (C=O) groups is 1. The minimum atomic E-state index is -0.479. The van der Waals surface area contributed by atoms with E-state index in [9.17, 15) is 9.90 Å². The maximum absolute atomic E-state index is 12.9. The molecule has 1 N–H and O–H groups in total.